The van der Waals surface area contributed by atoms with E-state index < -0.39 is 38.9 Å². The zero-order chi connectivity index (χ0) is 18.8. The van der Waals surface area contributed by atoms with Crippen molar-refractivity contribution in [3.63, 3.8) is 0 Å². The molecule has 2 amide bonds. The third-order valence-corrected chi connectivity index (χ3v) is 6.33. The van der Waals surface area contributed by atoms with E-state index in [2.05, 4.69) is 5.32 Å². The second kappa shape index (κ2) is 7.11. The van der Waals surface area contributed by atoms with E-state index in [1.807, 2.05) is 0 Å². The van der Waals surface area contributed by atoms with Gasteiger partial charge in [0.1, 0.15) is 11.2 Å². The van der Waals surface area contributed by atoms with E-state index in [0.29, 0.717) is 12.0 Å². The first kappa shape index (κ1) is 19.4. The number of hydrogen-bond acceptors (Lipinski definition) is 4. The van der Waals surface area contributed by atoms with Crippen molar-refractivity contribution >= 4 is 21.7 Å². The maximum Gasteiger partial charge on any atom is 0.237 e. The van der Waals surface area contributed by atoms with Gasteiger partial charge >= 0.3 is 0 Å². The van der Waals surface area contributed by atoms with Crippen LogP contribution in [0.3, 0.4) is 0 Å². The van der Waals surface area contributed by atoms with Crippen molar-refractivity contribution in [2.45, 2.75) is 32.9 Å². The Morgan fingerprint density at radius 2 is 1.96 bits per heavy atom. The molecule has 0 spiro atoms. The van der Waals surface area contributed by atoms with Crippen molar-refractivity contribution in [2.75, 3.05) is 18.6 Å². The summed E-state index contributed by atoms with van der Waals surface area (Å²) in [6, 6.07) is 5.65. The molecule has 8 heteroatoms. The van der Waals surface area contributed by atoms with Crippen LogP contribution >= 0.6 is 0 Å². The van der Waals surface area contributed by atoms with Gasteiger partial charge in [-0.3, -0.25) is 9.59 Å². The Morgan fingerprint density at radius 1 is 1.32 bits per heavy atom. The predicted octanol–water partition coefficient (Wildman–Crippen LogP) is 1.11. The molecule has 0 bridgehead atoms. The Morgan fingerprint density at radius 3 is 2.52 bits per heavy atom. The quantitative estimate of drug-likeness (QED) is 0.787. The van der Waals surface area contributed by atoms with Crippen molar-refractivity contribution in [1.82, 2.24) is 10.2 Å². The smallest absolute Gasteiger partial charge is 0.237 e. The highest BCUT2D eigenvalue weighted by molar-refractivity contribution is 7.91. The van der Waals surface area contributed by atoms with Crippen molar-refractivity contribution in [1.29, 1.82) is 0 Å². The number of nitrogens with one attached hydrogen (secondary N) is 1. The normalized spacial score (nSPS) is 19.4. The molecular weight excluding hydrogens is 347 g/mol. The van der Waals surface area contributed by atoms with E-state index in [0.717, 1.165) is 0 Å². The number of benzene rings is 1. The molecule has 0 aromatic heterocycles. The molecule has 2 rings (SSSR count). The molecule has 1 unspecified atom stereocenters. The summed E-state index contributed by atoms with van der Waals surface area (Å²) in [7, 11) is -1.61. The minimum Gasteiger partial charge on any atom is -0.351 e. The number of halogens is 1. The summed E-state index contributed by atoms with van der Waals surface area (Å²) < 4.78 is 36.8. The summed E-state index contributed by atoms with van der Waals surface area (Å²) in [5.74, 6) is -1.45. The van der Waals surface area contributed by atoms with Gasteiger partial charge in [-0.2, -0.15) is 0 Å². The van der Waals surface area contributed by atoms with E-state index in [9.17, 15) is 22.4 Å². The summed E-state index contributed by atoms with van der Waals surface area (Å²) in [6.07, 6.45) is 0.373. The lowest BCUT2D eigenvalue weighted by atomic mass is 9.89. The van der Waals surface area contributed by atoms with Gasteiger partial charge in [0, 0.05) is 25.2 Å². The molecule has 1 fully saturated rings. The standard InChI is InChI=1S/C17H23FN2O4S/c1-17(2,15(21)19-10-12-6-4-5-7-14(12)18)16(22)20(3)13-8-9-25(23,24)11-13/h4-7,13H,8-11H2,1-3H3,(H,19,21). The maximum absolute atomic E-state index is 13.6. The molecule has 25 heavy (non-hydrogen) atoms. The molecule has 138 valence electrons. The van der Waals surface area contributed by atoms with E-state index >= 15 is 0 Å². The first-order chi connectivity index (χ1) is 11.5. The zero-order valence-corrected chi connectivity index (χ0v) is 15.4. The van der Waals surface area contributed by atoms with Crippen molar-refractivity contribution in [3.8, 4) is 0 Å². The van der Waals surface area contributed by atoms with Gasteiger partial charge in [0.15, 0.2) is 9.84 Å². The average Bonchev–Trinajstić information content (AvgIpc) is 2.92. The molecule has 0 aliphatic carbocycles. The second-order valence-corrected chi connectivity index (χ2v) is 9.10. The highest BCUT2D eigenvalue weighted by Crippen LogP contribution is 2.24. The Hall–Kier alpha value is -1.96. The van der Waals surface area contributed by atoms with Crippen LogP contribution in [0.4, 0.5) is 4.39 Å². The summed E-state index contributed by atoms with van der Waals surface area (Å²) >= 11 is 0. The third kappa shape index (κ3) is 4.36. The van der Waals surface area contributed by atoms with Gasteiger partial charge in [0.05, 0.1) is 11.5 Å². The fourth-order valence-corrected chi connectivity index (χ4v) is 4.60. The van der Waals surface area contributed by atoms with Gasteiger partial charge in [0.25, 0.3) is 0 Å². The Kier molecular flexibility index (Phi) is 5.51. The number of carbonyl (C=O) groups excluding carboxylic acids is 2. The summed E-state index contributed by atoms with van der Waals surface area (Å²) in [6.45, 7) is 2.93. The van der Waals surface area contributed by atoms with Crippen molar-refractivity contribution in [2.24, 2.45) is 5.41 Å². The number of sulfone groups is 1. The Bertz CT molecular complexity index is 777. The van der Waals surface area contributed by atoms with Crippen LogP contribution in [0.15, 0.2) is 24.3 Å². The van der Waals surface area contributed by atoms with Crippen LogP contribution in [-0.4, -0.2) is 49.7 Å². The fraction of sp³-hybridized carbons (Fsp3) is 0.529. The first-order valence-electron chi connectivity index (χ1n) is 8.04. The van der Waals surface area contributed by atoms with E-state index in [1.165, 1.54) is 31.9 Å². The molecule has 1 aromatic carbocycles. The molecule has 1 aromatic rings. The molecule has 1 heterocycles. The SMILES string of the molecule is CN(C(=O)C(C)(C)C(=O)NCc1ccccc1F)C1CCS(=O)(=O)C1. The molecule has 0 radical (unpaired) electrons. The largest absolute Gasteiger partial charge is 0.351 e. The van der Waals surface area contributed by atoms with Crippen LogP contribution in [0, 0.1) is 11.2 Å². The monoisotopic (exact) mass is 370 g/mol. The van der Waals surface area contributed by atoms with Gasteiger partial charge in [0.2, 0.25) is 11.8 Å². The van der Waals surface area contributed by atoms with Crippen molar-refractivity contribution < 1.29 is 22.4 Å². The number of amides is 2. The lowest BCUT2D eigenvalue weighted by molar-refractivity contribution is -0.148. The van der Waals surface area contributed by atoms with E-state index in [1.54, 1.807) is 18.2 Å². The van der Waals surface area contributed by atoms with Gasteiger partial charge < -0.3 is 10.2 Å². The van der Waals surface area contributed by atoms with Crippen molar-refractivity contribution in [3.05, 3.63) is 35.6 Å². The molecule has 1 saturated heterocycles. The molecule has 6 nitrogen and oxygen atoms in total. The Labute approximate surface area is 147 Å². The van der Waals surface area contributed by atoms with Crippen LogP contribution in [0.1, 0.15) is 25.8 Å². The minimum absolute atomic E-state index is 0.0241. The minimum atomic E-state index is -3.13. The van der Waals surface area contributed by atoms with Crippen LogP contribution in [0.5, 0.6) is 0 Å². The first-order valence-corrected chi connectivity index (χ1v) is 9.86. The summed E-state index contributed by atoms with van der Waals surface area (Å²) in [4.78, 5) is 26.5. The summed E-state index contributed by atoms with van der Waals surface area (Å²) in [5.41, 5.74) is -1.05. The summed E-state index contributed by atoms with van der Waals surface area (Å²) in [5, 5.41) is 2.58. The molecular formula is C17H23FN2O4S. The highest BCUT2D eigenvalue weighted by Gasteiger charge is 2.42. The second-order valence-electron chi connectivity index (χ2n) is 6.87. The van der Waals surface area contributed by atoms with Crippen LogP contribution in [0.2, 0.25) is 0 Å². The van der Waals surface area contributed by atoms with Gasteiger partial charge in [-0.1, -0.05) is 18.2 Å². The average molecular weight is 370 g/mol. The number of rotatable bonds is 5. The van der Waals surface area contributed by atoms with Crippen LogP contribution in [0.25, 0.3) is 0 Å². The van der Waals surface area contributed by atoms with E-state index in [4.69, 9.17) is 0 Å². The number of carbonyl (C=O) groups is 2. The lowest BCUT2D eigenvalue weighted by Gasteiger charge is -2.31. The maximum atomic E-state index is 13.6. The third-order valence-electron chi connectivity index (χ3n) is 4.58. The zero-order valence-electron chi connectivity index (χ0n) is 14.6. The molecule has 1 N–H and O–H groups in total. The molecule has 0 saturated carbocycles. The van der Waals surface area contributed by atoms with Gasteiger partial charge in [-0.25, -0.2) is 12.8 Å². The molecule has 1 aliphatic rings. The van der Waals surface area contributed by atoms with Gasteiger partial charge in [-0.15, -0.1) is 0 Å². The van der Waals surface area contributed by atoms with E-state index in [-0.39, 0.29) is 18.1 Å². The lowest BCUT2D eigenvalue weighted by Crippen LogP contribution is -2.51. The predicted molar refractivity (Wildman–Crippen MR) is 91.9 cm³/mol. The topological polar surface area (TPSA) is 83.6 Å². The van der Waals surface area contributed by atoms with Crippen LogP contribution < -0.4 is 5.32 Å². The fourth-order valence-electron chi connectivity index (χ4n) is 2.82. The van der Waals surface area contributed by atoms with Crippen LogP contribution in [-0.2, 0) is 26.0 Å². The molecule has 1 atom stereocenters. The number of nitrogens with zero attached hydrogens (tertiary/aromatic N) is 1. The number of hydrogen-bond donors (Lipinski definition) is 1. The highest BCUT2D eigenvalue weighted by atomic mass is 32.2. The van der Waals surface area contributed by atoms with Gasteiger partial charge in [-0.05, 0) is 26.3 Å². The molecule has 1 aliphatic heterocycles. The Balaban J connectivity index is 2.02.